The van der Waals surface area contributed by atoms with Crippen LogP contribution in [0.15, 0.2) is 12.2 Å². The molecule has 0 aromatic rings. The maximum Gasteiger partial charge on any atom is 0.268 e. The Labute approximate surface area is 456 Å². The molecule has 436 valence electrons. The lowest BCUT2D eigenvalue weighted by atomic mass is 10.0. The van der Waals surface area contributed by atoms with Gasteiger partial charge in [-0.3, -0.25) is 9.36 Å². The second-order valence-electron chi connectivity index (χ2n) is 23.8. The molecule has 0 aliphatic rings. The quantitative estimate of drug-likeness (QED) is 0.0272. The van der Waals surface area contributed by atoms with Gasteiger partial charge in [-0.15, -0.1) is 0 Å². The first-order valence-electron chi connectivity index (χ1n) is 32.5. The van der Waals surface area contributed by atoms with E-state index in [1.807, 2.05) is 21.1 Å². The van der Waals surface area contributed by atoms with Gasteiger partial charge in [0, 0.05) is 6.42 Å². The third kappa shape index (κ3) is 58.8. The van der Waals surface area contributed by atoms with E-state index < -0.39 is 20.0 Å². The first kappa shape index (κ1) is 72.2. The Hall–Kier alpha value is -0.760. The highest BCUT2D eigenvalue weighted by molar-refractivity contribution is 7.45. The van der Waals surface area contributed by atoms with Crippen molar-refractivity contribution in [2.75, 3.05) is 40.9 Å². The molecule has 0 aliphatic carbocycles. The molecule has 2 N–H and O–H groups in total. The fourth-order valence-electron chi connectivity index (χ4n) is 10.2. The number of hydrogen-bond acceptors (Lipinski definition) is 6. The molecule has 0 aliphatic heterocycles. The van der Waals surface area contributed by atoms with Crippen LogP contribution in [0.2, 0.25) is 0 Å². The van der Waals surface area contributed by atoms with Crippen molar-refractivity contribution in [3.05, 3.63) is 12.2 Å². The smallest absolute Gasteiger partial charge is 0.268 e. The number of carbonyl (C=O) groups excluding carboxylic acids is 1. The Bertz CT molecular complexity index is 1200. The summed E-state index contributed by atoms with van der Waals surface area (Å²) in [5.41, 5.74) is 0. The molecule has 3 unspecified atom stereocenters. The van der Waals surface area contributed by atoms with Crippen molar-refractivity contribution in [2.45, 2.75) is 353 Å². The number of phosphoric acid groups is 1. The Morgan fingerprint density at radius 2 is 0.753 bits per heavy atom. The number of amides is 1. The second-order valence-corrected chi connectivity index (χ2v) is 25.2. The van der Waals surface area contributed by atoms with Gasteiger partial charge in [-0.25, -0.2) is 0 Å². The van der Waals surface area contributed by atoms with Gasteiger partial charge in [0.1, 0.15) is 13.2 Å². The van der Waals surface area contributed by atoms with E-state index >= 15 is 0 Å². The number of likely N-dealkylation sites (N-methyl/N-ethyl adjacent to an activating group) is 1. The van der Waals surface area contributed by atoms with Crippen molar-refractivity contribution in [2.24, 2.45) is 0 Å². The molecule has 0 rings (SSSR count). The molecule has 0 aromatic carbocycles. The molecule has 0 fully saturated rings. The number of nitrogens with one attached hydrogen (secondary N) is 1. The minimum atomic E-state index is -4.57. The van der Waals surface area contributed by atoms with E-state index in [9.17, 15) is 19.4 Å². The largest absolute Gasteiger partial charge is 0.756 e. The molecular formula is C64H129N2O6P. The Kier molecular flexibility index (Phi) is 55.4. The van der Waals surface area contributed by atoms with Crippen molar-refractivity contribution in [3.63, 3.8) is 0 Å². The zero-order valence-electron chi connectivity index (χ0n) is 49.9. The van der Waals surface area contributed by atoms with Gasteiger partial charge in [0.25, 0.3) is 7.82 Å². The Morgan fingerprint density at radius 3 is 1.07 bits per heavy atom. The summed E-state index contributed by atoms with van der Waals surface area (Å²) in [7, 11) is 1.32. The van der Waals surface area contributed by atoms with Gasteiger partial charge in [0.2, 0.25) is 5.91 Å². The van der Waals surface area contributed by atoms with Crippen LogP contribution in [0.25, 0.3) is 0 Å². The summed E-state index contributed by atoms with van der Waals surface area (Å²) >= 11 is 0. The molecule has 0 saturated carbocycles. The topological polar surface area (TPSA) is 108 Å². The molecule has 0 aromatic heterocycles. The molecule has 0 spiro atoms. The number of quaternary nitrogens is 1. The number of hydrogen-bond donors (Lipinski definition) is 2. The summed E-state index contributed by atoms with van der Waals surface area (Å²) in [6, 6.07) is -0.798. The summed E-state index contributed by atoms with van der Waals surface area (Å²) in [5.74, 6) is -0.157. The van der Waals surface area contributed by atoms with Crippen molar-refractivity contribution >= 4 is 13.7 Å². The minimum Gasteiger partial charge on any atom is -0.756 e. The summed E-state index contributed by atoms with van der Waals surface area (Å²) < 4.78 is 23.5. The monoisotopic (exact) mass is 1050 g/mol. The van der Waals surface area contributed by atoms with E-state index in [1.165, 1.54) is 276 Å². The van der Waals surface area contributed by atoms with E-state index in [0.29, 0.717) is 23.9 Å². The number of unbranched alkanes of at least 4 members (excludes halogenated alkanes) is 46. The summed E-state index contributed by atoms with van der Waals surface area (Å²) in [6.45, 7) is 4.78. The standard InChI is InChI=1S/C64H129N2O6P/c1-6-8-10-12-14-16-18-20-22-24-26-28-29-30-31-32-33-34-35-36-37-38-40-42-44-46-48-50-52-54-56-58-64(68)65-62(61-72-73(69,70)71-60-59-66(3,4)5)63(67)57-55-53-51-49-47-45-43-41-39-27-25-23-21-19-17-15-13-11-9-7-2/h30-31,62-63,67H,6-29,32-61H2,1-5H3,(H-,65,68,69,70)/b31-30-. The van der Waals surface area contributed by atoms with Gasteiger partial charge in [-0.1, -0.05) is 309 Å². The van der Waals surface area contributed by atoms with Crippen LogP contribution in [0.5, 0.6) is 0 Å². The van der Waals surface area contributed by atoms with E-state index in [-0.39, 0.29) is 19.1 Å². The number of nitrogens with zero attached hydrogens (tertiary/aromatic N) is 1. The third-order valence-electron chi connectivity index (χ3n) is 15.3. The van der Waals surface area contributed by atoms with Gasteiger partial charge in [-0.05, 0) is 38.5 Å². The molecule has 0 saturated heterocycles. The number of aliphatic hydroxyl groups excluding tert-OH is 1. The van der Waals surface area contributed by atoms with Crippen LogP contribution in [0, 0.1) is 0 Å². The van der Waals surface area contributed by atoms with Gasteiger partial charge in [0.15, 0.2) is 0 Å². The van der Waals surface area contributed by atoms with Crippen molar-refractivity contribution in [1.29, 1.82) is 0 Å². The van der Waals surface area contributed by atoms with Crippen LogP contribution < -0.4 is 10.2 Å². The highest BCUT2D eigenvalue weighted by atomic mass is 31.2. The second kappa shape index (κ2) is 56.0. The van der Waals surface area contributed by atoms with Crippen molar-refractivity contribution < 1.29 is 32.9 Å². The highest BCUT2D eigenvalue weighted by Crippen LogP contribution is 2.38. The zero-order chi connectivity index (χ0) is 53.5. The zero-order valence-corrected chi connectivity index (χ0v) is 50.8. The van der Waals surface area contributed by atoms with E-state index in [2.05, 4.69) is 31.3 Å². The maximum absolute atomic E-state index is 13.0. The SMILES string of the molecule is CCCCCCCCCCCCCC/C=C\CCCCCCCCCCCCCCCCCC(=O)NC(COP(=O)([O-])OCC[N+](C)(C)C)C(O)CCCCCCCCCCCCCCCCCCCCCC. The van der Waals surface area contributed by atoms with Gasteiger partial charge >= 0.3 is 0 Å². The van der Waals surface area contributed by atoms with Crippen LogP contribution in [0.4, 0.5) is 0 Å². The first-order chi connectivity index (χ1) is 35.5. The molecule has 0 bridgehead atoms. The predicted octanol–water partition coefficient (Wildman–Crippen LogP) is 19.5. The van der Waals surface area contributed by atoms with E-state index in [1.54, 1.807) is 0 Å². The molecule has 0 heterocycles. The summed E-state index contributed by atoms with van der Waals surface area (Å²) in [4.78, 5) is 25.6. The lowest BCUT2D eigenvalue weighted by Gasteiger charge is -2.30. The third-order valence-corrected chi connectivity index (χ3v) is 16.2. The molecule has 0 radical (unpaired) electrons. The van der Waals surface area contributed by atoms with Crippen LogP contribution in [-0.4, -0.2) is 68.5 Å². The lowest BCUT2D eigenvalue weighted by molar-refractivity contribution is -0.870. The predicted molar refractivity (Wildman–Crippen MR) is 316 cm³/mol. The maximum atomic E-state index is 13.0. The van der Waals surface area contributed by atoms with Gasteiger partial charge < -0.3 is 28.8 Å². The van der Waals surface area contributed by atoms with Crippen LogP contribution in [0.3, 0.4) is 0 Å². The number of rotatable bonds is 61. The van der Waals surface area contributed by atoms with Crippen molar-refractivity contribution in [3.8, 4) is 0 Å². The first-order valence-corrected chi connectivity index (χ1v) is 34.0. The number of phosphoric ester groups is 1. The van der Waals surface area contributed by atoms with Crippen LogP contribution in [0.1, 0.15) is 341 Å². The molecule has 9 heteroatoms. The van der Waals surface area contributed by atoms with E-state index in [0.717, 1.165) is 38.5 Å². The molecule has 1 amide bonds. The number of carbonyl (C=O) groups is 1. The van der Waals surface area contributed by atoms with Gasteiger partial charge in [0.05, 0.1) is 39.9 Å². The Morgan fingerprint density at radius 1 is 0.466 bits per heavy atom. The van der Waals surface area contributed by atoms with Crippen LogP contribution >= 0.6 is 7.82 Å². The summed E-state index contributed by atoms with van der Waals surface area (Å²) in [5, 5.41) is 14.1. The van der Waals surface area contributed by atoms with Gasteiger partial charge in [-0.2, -0.15) is 0 Å². The Balaban J connectivity index is 4.02. The average Bonchev–Trinajstić information content (AvgIpc) is 3.35. The molecule has 73 heavy (non-hydrogen) atoms. The fraction of sp³-hybridized carbons (Fsp3) is 0.953. The minimum absolute atomic E-state index is 0.0154. The molecule has 8 nitrogen and oxygen atoms in total. The molecular weight excluding hydrogens is 924 g/mol. The van der Waals surface area contributed by atoms with Crippen molar-refractivity contribution in [1.82, 2.24) is 5.32 Å². The summed E-state index contributed by atoms with van der Waals surface area (Å²) in [6.07, 6.45) is 69.8. The lowest BCUT2D eigenvalue weighted by Crippen LogP contribution is -2.46. The number of aliphatic hydroxyl groups is 1. The van der Waals surface area contributed by atoms with E-state index in [4.69, 9.17) is 9.05 Å². The number of allylic oxidation sites excluding steroid dienone is 2. The van der Waals surface area contributed by atoms with Crippen LogP contribution in [-0.2, 0) is 18.4 Å². The fourth-order valence-corrected chi connectivity index (χ4v) is 10.9. The average molecular weight is 1050 g/mol. The normalized spacial score (nSPS) is 13.8. The highest BCUT2D eigenvalue weighted by Gasteiger charge is 2.24. The molecule has 3 atom stereocenters.